The molecule has 5 heteroatoms. The van der Waals surface area contributed by atoms with Gasteiger partial charge in [-0.3, -0.25) is 9.59 Å². The summed E-state index contributed by atoms with van der Waals surface area (Å²) >= 11 is 6.17. The molecular weight excluding hydrogens is 276 g/mol. The lowest BCUT2D eigenvalue weighted by atomic mass is 9.87. The average Bonchev–Trinajstić information content (AvgIpc) is 2.46. The average molecular weight is 295 g/mol. The number of carbonyl (C=O) groups excluding carboxylic acids is 2. The minimum Gasteiger partial charge on any atom is -0.345 e. The van der Waals surface area contributed by atoms with Crippen LogP contribution in [0, 0.1) is 0 Å². The first kappa shape index (κ1) is 14.9. The molecule has 20 heavy (non-hydrogen) atoms. The third-order valence-electron chi connectivity index (χ3n) is 4.10. The molecule has 1 aliphatic rings. The maximum absolute atomic E-state index is 12.3. The third kappa shape index (κ3) is 2.40. The first-order chi connectivity index (χ1) is 9.55. The molecule has 2 amide bonds. The Kier molecular flexibility index (Phi) is 4.33. The normalized spacial score (nSPS) is 18.1. The molecule has 0 saturated carbocycles. The molecule has 2 rings (SSSR count). The van der Waals surface area contributed by atoms with Gasteiger partial charge in [-0.1, -0.05) is 43.6 Å². The van der Waals surface area contributed by atoms with Crippen molar-refractivity contribution in [3.05, 3.63) is 34.9 Å². The van der Waals surface area contributed by atoms with E-state index >= 15 is 0 Å². The zero-order valence-electron chi connectivity index (χ0n) is 11.8. The molecule has 0 bridgehead atoms. The molecule has 0 radical (unpaired) electrons. The van der Waals surface area contributed by atoms with Crippen LogP contribution in [0.2, 0.25) is 5.02 Å². The van der Waals surface area contributed by atoms with Gasteiger partial charge in [0.15, 0.2) is 0 Å². The van der Waals surface area contributed by atoms with Crippen LogP contribution < -0.4 is 5.32 Å². The molecule has 0 aromatic heterocycles. The van der Waals surface area contributed by atoms with E-state index in [4.69, 9.17) is 11.6 Å². The van der Waals surface area contributed by atoms with Crippen molar-refractivity contribution in [2.75, 3.05) is 6.54 Å². The van der Waals surface area contributed by atoms with Gasteiger partial charge in [-0.2, -0.15) is 0 Å². The number of hydrogen-bond donors (Lipinski definition) is 1. The third-order valence-corrected chi connectivity index (χ3v) is 4.47. The second kappa shape index (κ2) is 5.83. The number of amides is 2. The van der Waals surface area contributed by atoms with Gasteiger partial charge in [-0.05, 0) is 24.5 Å². The quantitative estimate of drug-likeness (QED) is 0.927. The van der Waals surface area contributed by atoms with Crippen LogP contribution in [0.1, 0.15) is 32.3 Å². The van der Waals surface area contributed by atoms with Gasteiger partial charge in [0.05, 0.1) is 6.54 Å². The minimum absolute atomic E-state index is 0.0606. The van der Waals surface area contributed by atoms with Gasteiger partial charge in [0.1, 0.15) is 5.54 Å². The maximum atomic E-state index is 12.3. The molecule has 4 nitrogen and oxygen atoms in total. The number of piperazine rings is 1. The van der Waals surface area contributed by atoms with Crippen molar-refractivity contribution < 1.29 is 9.59 Å². The summed E-state index contributed by atoms with van der Waals surface area (Å²) in [6.45, 7) is 4.29. The fraction of sp³-hybridized carbons (Fsp3) is 0.467. The van der Waals surface area contributed by atoms with E-state index in [1.54, 1.807) is 11.0 Å². The van der Waals surface area contributed by atoms with Gasteiger partial charge < -0.3 is 10.2 Å². The Labute approximate surface area is 124 Å². The van der Waals surface area contributed by atoms with E-state index < -0.39 is 5.54 Å². The molecule has 1 saturated heterocycles. The number of halogens is 1. The summed E-state index contributed by atoms with van der Waals surface area (Å²) in [4.78, 5) is 26.2. The Balaban J connectivity index is 2.37. The molecule has 1 aromatic rings. The van der Waals surface area contributed by atoms with Crippen molar-refractivity contribution >= 4 is 23.4 Å². The van der Waals surface area contributed by atoms with Crippen LogP contribution in [0.5, 0.6) is 0 Å². The number of carbonyl (C=O) groups is 2. The van der Waals surface area contributed by atoms with Crippen LogP contribution >= 0.6 is 11.6 Å². The fourth-order valence-corrected chi connectivity index (χ4v) is 2.96. The predicted octanol–water partition coefficient (Wildman–Crippen LogP) is 2.36. The highest BCUT2D eigenvalue weighted by molar-refractivity contribution is 6.31. The topological polar surface area (TPSA) is 49.4 Å². The fourth-order valence-electron chi connectivity index (χ4n) is 2.77. The van der Waals surface area contributed by atoms with Crippen molar-refractivity contribution in [3.63, 3.8) is 0 Å². The van der Waals surface area contributed by atoms with Gasteiger partial charge in [-0.15, -0.1) is 0 Å². The minimum atomic E-state index is -0.769. The lowest BCUT2D eigenvalue weighted by Crippen LogP contribution is -2.66. The molecule has 108 valence electrons. The monoisotopic (exact) mass is 294 g/mol. The Morgan fingerprint density at radius 2 is 1.90 bits per heavy atom. The van der Waals surface area contributed by atoms with Crippen molar-refractivity contribution in [2.45, 2.75) is 38.8 Å². The number of nitrogens with zero attached hydrogens (tertiary/aromatic N) is 1. The van der Waals surface area contributed by atoms with E-state index in [0.29, 0.717) is 24.4 Å². The van der Waals surface area contributed by atoms with Crippen molar-refractivity contribution in [1.29, 1.82) is 0 Å². The van der Waals surface area contributed by atoms with Gasteiger partial charge in [0.2, 0.25) is 11.8 Å². The zero-order valence-corrected chi connectivity index (χ0v) is 12.5. The zero-order chi connectivity index (χ0) is 14.8. The number of hydrogen-bond acceptors (Lipinski definition) is 2. The van der Waals surface area contributed by atoms with Gasteiger partial charge in [-0.25, -0.2) is 0 Å². The van der Waals surface area contributed by atoms with Crippen LogP contribution in [0.3, 0.4) is 0 Å². The van der Waals surface area contributed by atoms with E-state index in [1.807, 2.05) is 32.0 Å². The summed E-state index contributed by atoms with van der Waals surface area (Å²) in [5.41, 5.74) is 0.0950. The Morgan fingerprint density at radius 1 is 1.25 bits per heavy atom. The molecule has 1 heterocycles. The summed E-state index contributed by atoms with van der Waals surface area (Å²) < 4.78 is 0. The smallest absolute Gasteiger partial charge is 0.246 e. The summed E-state index contributed by atoms with van der Waals surface area (Å²) in [5.74, 6) is -0.137. The molecule has 1 N–H and O–H groups in total. The highest BCUT2D eigenvalue weighted by Crippen LogP contribution is 2.30. The highest BCUT2D eigenvalue weighted by atomic mass is 35.5. The van der Waals surface area contributed by atoms with E-state index in [-0.39, 0.29) is 18.4 Å². The first-order valence-electron chi connectivity index (χ1n) is 6.87. The Morgan fingerprint density at radius 3 is 2.50 bits per heavy atom. The molecule has 1 aromatic carbocycles. The maximum Gasteiger partial charge on any atom is 0.246 e. The summed E-state index contributed by atoms with van der Waals surface area (Å²) in [6.07, 6.45) is 1.18. The molecule has 0 aliphatic carbocycles. The highest BCUT2D eigenvalue weighted by Gasteiger charge is 2.46. The van der Waals surface area contributed by atoms with Crippen molar-refractivity contribution in [3.8, 4) is 0 Å². The van der Waals surface area contributed by atoms with Crippen LogP contribution in [0.15, 0.2) is 24.3 Å². The Hall–Kier alpha value is -1.55. The molecule has 0 spiro atoms. The molecule has 0 atom stereocenters. The number of rotatable bonds is 4. The first-order valence-corrected chi connectivity index (χ1v) is 7.25. The largest absolute Gasteiger partial charge is 0.345 e. The van der Waals surface area contributed by atoms with E-state index in [1.165, 1.54) is 0 Å². The summed E-state index contributed by atoms with van der Waals surface area (Å²) in [7, 11) is 0. The SMILES string of the molecule is CCC1(CC)C(=O)NCC(=O)N1Cc1ccccc1Cl. The van der Waals surface area contributed by atoms with Crippen LogP contribution in [0.4, 0.5) is 0 Å². The van der Waals surface area contributed by atoms with E-state index in [0.717, 1.165) is 5.56 Å². The van der Waals surface area contributed by atoms with Crippen LogP contribution in [0.25, 0.3) is 0 Å². The number of benzene rings is 1. The van der Waals surface area contributed by atoms with E-state index in [9.17, 15) is 9.59 Å². The lowest BCUT2D eigenvalue weighted by molar-refractivity contribution is -0.155. The second-order valence-corrected chi connectivity index (χ2v) is 5.40. The predicted molar refractivity (Wildman–Crippen MR) is 78.3 cm³/mol. The van der Waals surface area contributed by atoms with Crippen molar-refractivity contribution in [2.24, 2.45) is 0 Å². The lowest BCUT2D eigenvalue weighted by Gasteiger charge is -2.45. The van der Waals surface area contributed by atoms with Crippen LogP contribution in [-0.2, 0) is 16.1 Å². The standard InChI is InChI=1S/C15H19ClN2O2/c1-3-15(4-2)14(20)17-9-13(19)18(15)10-11-7-5-6-8-12(11)16/h5-8H,3-4,9-10H2,1-2H3,(H,17,20). The van der Waals surface area contributed by atoms with E-state index in [2.05, 4.69) is 5.32 Å². The second-order valence-electron chi connectivity index (χ2n) is 4.99. The van der Waals surface area contributed by atoms with Gasteiger partial charge in [0.25, 0.3) is 0 Å². The molecule has 1 aliphatic heterocycles. The Bertz CT molecular complexity index is 526. The van der Waals surface area contributed by atoms with Gasteiger partial charge >= 0.3 is 0 Å². The van der Waals surface area contributed by atoms with Crippen LogP contribution in [-0.4, -0.2) is 28.8 Å². The molecule has 0 unspecified atom stereocenters. The number of nitrogens with one attached hydrogen (secondary N) is 1. The van der Waals surface area contributed by atoms with Crippen molar-refractivity contribution in [1.82, 2.24) is 10.2 Å². The summed E-state index contributed by atoms with van der Waals surface area (Å²) in [5, 5.41) is 3.31. The molecular formula is C15H19ClN2O2. The van der Waals surface area contributed by atoms with Gasteiger partial charge in [0, 0.05) is 11.6 Å². The summed E-state index contributed by atoms with van der Waals surface area (Å²) in [6, 6.07) is 7.42. The molecule has 1 fully saturated rings.